The fourth-order valence-electron chi connectivity index (χ4n) is 3.30. The summed E-state index contributed by atoms with van der Waals surface area (Å²) in [4.78, 5) is 13.0. The number of nitrogens with zero attached hydrogens (tertiary/aromatic N) is 3. The van der Waals surface area contributed by atoms with Gasteiger partial charge >= 0.3 is 0 Å². The average molecular weight is 529 g/mol. The molecule has 0 saturated carbocycles. The van der Waals surface area contributed by atoms with E-state index in [-0.39, 0.29) is 10.0 Å². The number of nitrogens with one attached hydrogen (secondary N) is 1. The zero-order valence-electron chi connectivity index (χ0n) is 18.8. The molecule has 3 aromatic carbocycles. The molecule has 1 N–H and O–H groups in total. The second kappa shape index (κ2) is 10.4. The molecular weight excluding hydrogens is 508 g/mol. The Morgan fingerprint density at radius 3 is 2.43 bits per heavy atom. The number of halogens is 1. The quantitative estimate of drug-likeness (QED) is 0.345. The molecule has 0 radical (unpaired) electrons. The highest BCUT2D eigenvalue weighted by atomic mass is 35.5. The van der Waals surface area contributed by atoms with Crippen molar-refractivity contribution in [3.8, 4) is 16.3 Å². The number of methoxy groups -OCH3 is 1. The van der Waals surface area contributed by atoms with Gasteiger partial charge in [-0.2, -0.15) is 0 Å². The lowest BCUT2D eigenvalue weighted by Crippen LogP contribution is -2.38. The van der Waals surface area contributed by atoms with E-state index in [1.165, 1.54) is 23.5 Å². The standard InChI is InChI=1S/C24H21ClN4O4S2/c1-16-20(25)9-6-10-21(16)29(35(31,32)19-7-4-3-5-8-19)15-22(30)26-24-28-27-23(34-24)17-11-13-18(33-2)14-12-17/h3-14H,15H2,1-2H3,(H,26,28,30). The van der Waals surface area contributed by atoms with Gasteiger partial charge in [-0.3, -0.25) is 14.4 Å². The lowest BCUT2D eigenvalue weighted by Gasteiger charge is -2.25. The molecule has 35 heavy (non-hydrogen) atoms. The zero-order chi connectivity index (χ0) is 25.0. The minimum absolute atomic E-state index is 0.0601. The van der Waals surface area contributed by atoms with Crippen LogP contribution in [-0.4, -0.2) is 38.2 Å². The molecule has 0 saturated heterocycles. The summed E-state index contributed by atoms with van der Waals surface area (Å²) in [7, 11) is -2.47. The number of benzene rings is 3. The lowest BCUT2D eigenvalue weighted by atomic mass is 10.2. The summed E-state index contributed by atoms with van der Waals surface area (Å²) in [5.41, 5.74) is 1.67. The number of anilines is 2. The number of sulfonamides is 1. The number of hydrogen-bond acceptors (Lipinski definition) is 7. The summed E-state index contributed by atoms with van der Waals surface area (Å²) in [5, 5.41) is 12.0. The highest BCUT2D eigenvalue weighted by Gasteiger charge is 2.29. The summed E-state index contributed by atoms with van der Waals surface area (Å²) in [6.45, 7) is 1.23. The number of hydrogen-bond donors (Lipinski definition) is 1. The molecule has 1 heterocycles. The largest absolute Gasteiger partial charge is 0.497 e. The van der Waals surface area contributed by atoms with E-state index in [1.807, 2.05) is 12.1 Å². The van der Waals surface area contributed by atoms with Crippen molar-refractivity contribution in [3.63, 3.8) is 0 Å². The molecule has 0 unspecified atom stereocenters. The van der Waals surface area contributed by atoms with Crippen LogP contribution < -0.4 is 14.4 Å². The molecule has 8 nitrogen and oxygen atoms in total. The molecule has 0 spiro atoms. The van der Waals surface area contributed by atoms with Crippen molar-refractivity contribution < 1.29 is 17.9 Å². The molecule has 180 valence electrons. The zero-order valence-corrected chi connectivity index (χ0v) is 21.2. The van der Waals surface area contributed by atoms with Crippen molar-refractivity contribution in [2.24, 2.45) is 0 Å². The normalized spacial score (nSPS) is 11.2. The van der Waals surface area contributed by atoms with Crippen LogP contribution in [0, 0.1) is 6.92 Å². The Labute approximate surface area is 212 Å². The first-order valence-electron chi connectivity index (χ1n) is 10.4. The van der Waals surface area contributed by atoms with Crippen LogP contribution in [0.3, 0.4) is 0 Å². The van der Waals surface area contributed by atoms with Gasteiger partial charge in [0.05, 0.1) is 17.7 Å². The van der Waals surface area contributed by atoms with Crippen LogP contribution in [0.5, 0.6) is 5.75 Å². The Morgan fingerprint density at radius 1 is 1.03 bits per heavy atom. The predicted octanol–water partition coefficient (Wildman–Crippen LogP) is 5.01. The first-order valence-corrected chi connectivity index (χ1v) is 13.0. The highest BCUT2D eigenvalue weighted by Crippen LogP contribution is 2.31. The number of rotatable bonds is 8. The van der Waals surface area contributed by atoms with Crippen molar-refractivity contribution in [3.05, 3.63) is 83.4 Å². The van der Waals surface area contributed by atoms with Crippen molar-refractivity contribution in [2.75, 3.05) is 23.3 Å². The maximum absolute atomic E-state index is 13.5. The van der Waals surface area contributed by atoms with E-state index in [0.29, 0.717) is 27.0 Å². The Bertz CT molecular complexity index is 1440. The second-order valence-corrected chi connectivity index (χ2v) is 10.6. The summed E-state index contributed by atoms with van der Waals surface area (Å²) in [5.74, 6) is 0.143. The van der Waals surface area contributed by atoms with Crippen LogP contribution in [0.2, 0.25) is 5.02 Å². The predicted molar refractivity (Wildman–Crippen MR) is 138 cm³/mol. The Balaban J connectivity index is 1.59. The van der Waals surface area contributed by atoms with Gasteiger partial charge < -0.3 is 4.74 Å². The van der Waals surface area contributed by atoms with Gasteiger partial charge in [0.2, 0.25) is 11.0 Å². The van der Waals surface area contributed by atoms with Crippen molar-refractivity contribution in [1.29, 1.82) is 0 Å². The van der Waals surface area contributed by atoms with Crippen LogP contribution in [0.25, 0.3) is 10.6 Å². The molecule has 0 atom stereocenters. The van der Waals surface area contributed by atoms with Gasteiger partial charge in [0.25, 0.3) is 10.0 Å². The SMILES string of the molecule is COc1ccc(-c2nnc(NC(=O)CN(c3cccc(Cl)c3C)S(=O)(=O)c3ccccc3)s2)cc1. The number of carbonyl (C=O) groups is 1. The van der Waals surface area contributed by atoms with E-state index in [9.17, 15) is 13.2 Å². The Morgan fingerprint density at radius 2 is 1.74 bits per heavy atom. The number of aromatic nitrogens is 2. The molecule has 4 rings (SSSR count). The van der Waals surface area contributed by atoms with Crippen molar-refractivity contribution >= 4 is 49.7 Å². The smallest absolute Gasteiger partial charge is 0.264 e. The molecule has 4 aromatic rings. The first kappa shape index (κ1) is 24.6. The van der Waals surface area contributed by atoms with Gasteiger partial charge in [0, 0.05) is 10.6 Å². The van der Waals surface area contributed by atoms with Gasteiger partial charge in [-0.05, 0) is 61.0 Å². The van der Waals surface area contributed by atoms with Gasteiger partial charge in [0.1, 0.15) is 17.3 Å². The van der Waals surface area contributed by atoms with Crippen LogP contribution >= 0.6 is 22.9 Å². The van der Waals surface area contributed by atoms with E-state index in [2.05, 4.69) is 15.5 Å². The molecule has 1 amide bonds. The molecule has 1 aromatic heterocycles. The molecular formula is C24H21ClN4O4S2. The lowest BCUT2D eigenvalue weighted by molar-refractivity contribution is -0.114. The molecule has 0 fully saturated rings. The third kappa shape index (κ3) is 5.45. The van der Waals surface area contributed by atoms with Gasteiger partial charge in [0.15, 0.2) is 0 Å². The van der Waals surface area contributed by atoms with Gasteiger partial charge in [-0.15, -0.1) is 10.2 Å². The third-order valence-corrected chi connectivity index (χ3v) is 8.21. The number of ether oxygens (including phenoxy) is 1. The van der Waals surface area contributed by atoms with E-state index < -0.39 is 22.5 Å². The van der Waals surface area contributed by atoms with E-state index in [1.54, 1.807) is 62.6 Å². The highest BCUT2D eigenvalue weighted by molar-refractivity contribution is 7.92. The number of amides is 1. The summed E-state index contributed by atoms with van der Waals surface area (Å²) < 4.78 is 33.2. The molecule has 0 aliphatic rings. The van der Waals surface area contributed by atoms with Crippen LogP contribution in [0.4, 0.5) is 10.8 Å². The van der Waals surface area contributed by atoms with Gasteiger partial charge in [-0.25, -0.2) is 8.42 Å². The van der Waals surface area contributed by atoms with Crippen molar-refractivity contribution in [1.82, 2.24) is 10.2 Å². The fraction of sp³-hybridized carbons (Fsp3) is 0.125. The summed E-state index contributed by atoms with van der Waals surface area (Å²) >= 11 is 7.43. The van der Waals surface area contributed by atoms with E-state index in [4.69, 9.17) is 16.3 Å². The third-order valence-electron chi connectivity index (χ3n) is 5.13. The van der Waals surface area contributed by atoms with Gasteiger partial charge in [-0.1, -0.05) is 47.2 Å². The van der Waals surface area contributed by atoms with Crippen LogP contribution in [-0.2, 0) is 14.8 Å². The van der Waals surface area contributed by atoms with Crippen molar-refractivity contribution in [2.45, 2.75) is 11.8 Å². The molecule has 0 aliphatic carbocycles. The summed E-state index contributed by atoms with van der Waals surface area (Å²) in [6.07, 6.45) is 0. The maximum Gasteiger partial charge on any atom is 0.264 e. The fourth-order valence-corrected chi connectivity index (χ4v) is 5.73. The maximum atomic E-state index is 13.5. The first-order chi connectivity index (χ1) is 16.8. The Kier molecular flexibility index (Phi) is 7.34. The molecule has 0 bridgehead atoms. The topological polar surface area (TPSA) is 101 Å². The summed E-state index contributed by atoms with van der Waals surface area (Å²) in [6, 6.07) is 20.1. The number of carbonyl (C=O) groups excluding carboxylic acids is 1. The minimum atomic E-state index is -4.06. The Hall–Kier alpha value is -3.47. The molecule has 11 heteroatoms. The molecule has 0 aliphatic heterocycles. The monoisotopic (exact) mass is 528 g/mol. The second-order valence-electron chi connectivity index (χ2n) is 7.40. The van der Waals surface area contributed by atoms with Crippen LogP contribution in [0.15, 0.2) is 77.7 Å². The van der Waals surface area contributed by atoms with Crippen LogP contribution in [0.1, 0.15) is 5.56 Å². The van der Waals surface area contributed by atoms with E-state index in [0.717, 1.165) is 9.87 Å². The minimum Gasteiger partial charge on any atom is -0.497 e. The van der Waals surface area contributed by atoms with E-state index >= 15 is 0 Å². The average Bonchev–Trinajstić information content (AvgIpc) is 3.33.